The topological polar surface area (TPSA) is 382 Å². The Bertz CT molecular complexity index is 2170. The number of carboxylic acids is 1. The van der Waals surface area contributed by atoms with Gasteiger partial charge in [-0.1, -0.05) is 59.3 Å². The van der Waals surface area contributed by atoms with E-state index in [4.69, 9.17) is 33.2 Å². The lowest BCUT2D eigenvalue weighted by atomic mass is 9.33. The largest absolute Gasteiger partial charge is 0.479 e. The first-order chi connectivity index (χ1) is 35.5. The fraction of sp³-hybridized carbons (Fsp3) is 0.887. The third kappa shape index (κ3) is 9.16. The lowest BCUT2D eigenvalue weighted by molar-refractivity contribution is -0.392. The van der Waals surface area contributed by atoms with Crippen molar-refractivity contribution in [1.29, 1.82) is 0 Å². The van der Waals surface area contributed by atoms with Gasteiger partial charge >= 0.3 is 11.9 Å². The van der Waals surface area contributed by atoms with Crippen molar-refractivity contribution in [2.24, 2.45) is 50.2 Å². The van der Waals surface area contributed by atoms with E-state index in [-0.39, 0.29) is 24.7 Å². The van der Waals surface area contributed by atoms with Crippen molar-refractivity contribution in [1.82, 2.24) is 0 Å². The number of carboxylic acid groups (broad SMARTS) is 1. The summed E-state index contributed by atoms with van der Waals surface area (Å²) in [5.41, 5.74) is -3.57. The SMILES string of the molecule is C/C=C(\C)C(=O)O[C@H]1[C@H](O)[C@]2(CO)[C@H](O)C[C@]3(C)C(=CCC4[C@@]5(C)CC[C@H](O[C@@H]6O[C@H](C(=O)O)[C@@H](O[C@@H]7O[C@H](CO)[C@@H](O)[C@H](O)[C@H]7O)[C@H](O)[C@H]6O[C@@H]6OC(CO)[C@@H](O)[C@H](O)[C@H]6O)[C@](C)(CO)C5CC[C@]43C)[C@@H]2CC1(C)C. The molecule has 23 heteroatoms. The average molecular weight is 1090 g/mol. The number of fused-ring (bicyclic) bond motifs is 7. The Kier molecular flexibility index (Phi) is 16.9. The van der Waals surface area contributed by atoms with Crippen molar-refractivity contribution in [2.45, 2.75) is 217 Å². The van der Waals surface area contributed by atoms with Crippen molar-refractivity contribution in [3.05, 3.63) is 23.3 Å². The molecule has 0 amide bonds. The van der Waals surface area contributed by atoms with Crippen LogP contribution >= 0.6 is 0 Å². The quantitative estimate of drug-likeness (QED) is 0.0415. The van der Waals surface area contributed by atoms with E-state index in [0.717, 1.165) is 5.57 Å². The molecule has 3 heterocycles. The van der Waals surface area contributed by atoms with Crippen molar-refractivity contribution in [3.8, 4) is 0 Å². The minimum absolute atomic E-state index is 0.0566. The molecular weight excluding hydrogens is 1000 g/mol. The highest BCUT2D eigenvalue weighted by molar-refractivity contribution is 5.87. The zero-order valence-electron chi connectivity index (χ0n) is 44.6. The molecule has 27 atom stereocenters. The predicted molar refractivity (Wildman–Crippen MR) is 259 cm³/mol. The number of aliphatic carboxylic acids is 1. The molecule has 7 fully saturated rings. The number of aliphatic hydroxyl groups is 13. The molecule has 23 nitrogen and oxygen atoms in total. The number of hydrogen-bond donors (Lipinski definition) is 14. The molecule has 0 aromatic rings. The third-order valence-electron chi connectivity index (χ3n) is 20.8. The Morgan fingerprint density at radius 1 is 0.684 bits per heavy atom. The number of carbonyl (C=O) groups excluding carboxylic acids is 1. The molecule has 8 aliphatic rings. The van der Waals surface area contributed by atoms with Gasteiger partial charge in [-0.25, -0.2) is 9.59 Å². The van der Waals surface area contributed by atoms with E-state index in [1.807, 2.05) is 20.8 Å². The Morgan fingerprint density at radius 3 is 1.79 bits per heavy atom. The second-order valence-electron chi connectivity index (χ2n) is 24.9. The van der Waals surface area contributed by atoms with E-state index in [9.17, 15) is 81.1 Å². The second kappa shape index (κ2) is 21.5. The number of allylic oxidation sites excluding steroid dienone is 3. The molecule has 8 rings (SSSR count). The van der Waals surface area contributed by atoms with E-state index < -0.39 is 193 Å². The molecule has 0 bridgehead atoms. The number of hydrogen-bond acceptors (Lipinski definition) is 22. The van der Waals surface area contributed by atoms with Crippen LogP contribution in [0.5, 0.6) is 0 Å². The molecule has 0 spiro atoms. The number of carbonyl (C=O) groups is 2. The number of rotatable bonds is 13. The highest BCUT2D eigenvalue weighted by Gasteiger charge is 2.73. The van der Waals surface area contributed by atoms with Gasteiger partial charge in [0.05, 0.1) is 44.1 Å². The lowest BCUT2D eigenvalue weighted by Gasteiger charge is -2.72. The molecule has 4 saturated carbocycles. The van der Waals surface area contributed by atoms with Gasteiger partial charge in [0, 0.05) is 16.4 Å². The first-order valence-corrected chi connectivity index (χ1v) is 26.8. The standard InChI is InChI=1S/C53H84O23/c1-9-22(2)44(69)76-42-41(66)53(21-57)24(16-48(42,3)4)23-10-11-28-49(5)14-13-30(50(6,20-56)27(49)12-15-51(28,7)52(23,8)17-29(53)58)72-47-39(74-46-36(64)34(62)32(60)26(19-55)71-46)37(65)38(40(75-47)43(67)68)73-45-35(63)33(61)31(59)25(18-54)70-45/h9-10,24-42,45-47,54-66H,11-21H2,1-8H3,(H,67,68)/b22-9+/t24-,25+,26?,27?,28?,29+,30-,31+,32+,33-,34-,35+,36+,37-,38-,39+,40-,41-,42-,45-,46-,47+,49-,50+,51+,52+,53-/m0/s1. The van der Waals surface area contributed by atoms with E-state index in [0.29, 0.717) is 37.7 Å². The van der Waals surface area contributed by atoms with Gasteiger partial charge in [0.25, 0.3) is 0 Å². The lowest BCUT2D eigenvalue weighted by Crippen LogP contribution is -2.72. The van der Waals surface area contributed by atoms with Crippen LogP contribution in [-0.2, 0) is 42.7 Å². The van der Waals surface area contributed by atoms with Crippen molar-refractivity contribution < 1.29 is 114 Å². The maximum atomic E-state index is 13.2. The van der Waals surface area contributed by atoms with Crippen LogP contribution in [-0.4, -0.2) is 226 Å². The monoisotopic (exact) mass is 1090 g/mol. The first kappa shape index (κ1) is 59.8. The maximum Gasteiger partial charge on any atom is 0.335 e. The summed E-state index contributed by atoms with van der Waals surface area (Å²) in [6.45, 7) is 12.9. The van der Waals surface area contributed by atoms with Crippen LogP contribution in [0.1, 0.15) is 100 Å². The van der Waals surface area contributed by atoms with Gasteiger partial charge in [-0.3, -0.25) is 0 Å². The molecule has 3 saturated heterocycles. The molecule has 434 valence electrons. The van der Waals surface area contributed by atoms with Crippen LogP contribution < -0.4 is 0 Å². The maximum absolute atomic E-state index is 13.2. The Balaban J connectivity index is 1.10. The summed E-state index contributed by atoms with van der Waals surface area (Å²) >= 11 is 0. The van der Waals surface area contributed by atoms with E-state index in [1.165, 1.54) is 0 Å². The first-order valence-electron chi connectivity index (χ1n) is 26.8. The van der Waals surface area contributed by atoms with Crippen LogP contribution in [0.15, 0.2) is 23.3 Å². The zero-order chi connectivity index (χ0) is 56.2. The van der Waals surface area contributed by atoms with Gasteiger partial charge in [-0.15, -0.1) is 0 Å². The minimum atomic E-state index is -2.16. The zero-order valence-corrected chi connectivity index (χ0v) is 44.6. The molecule has 5 aliphatic carbocycles. The molecule has 0 aromatic carbocycles. The van der Waals surface area contributed by atoms with Gasteiger partial charge < -0.3 is 105 Å². The van der Waals surface area contributed by atoms with Crippen LogP contribution in [0.3, 0.4) is 0 Å². The van der Waals surface area contributed by atoms with Gasteiger partial charge in [0.1, 0.15) is 79.4 Å². The normalized spacial score (nSPS) is 52.3. The van der Waals surface area contributed by atoms with Crippen LogP contribution in [0.2, 0.25) is 0 Å². The minimum Gasteiger partial charge on any atom is -0.479 e. The van der Waals surface area contributed by atoms with Gasteiger partial charge in [0.15, 0.2) is 25.0 Å². The summed E-state index contributed by atoms with van der Waals surface area (Å²) in [6.07, 6.45) is -26.3. The predicted octanol–water partition coefficient (Wildman–Crippen LogP) is -1.89. The molecule has 0 aromatic heterocycles. The molecule has 3 aliphatic heterocycles. The Morgan fingerprint density at radius 2 is 1.26 bits per heavy atom. The Labute approximate surface area is 442 Å². The third-order valence-corrected chi connectivity index (χ3v) is 20.8. The fourth-order valence-corrected chi connectivity index (χ4v) is 15.9. The molecular formula is C53H84O23. The van der Waals surface area contributed by atoms with Gasteiger partial charge in [0.2, 0.25) is 0 Å². The highest BCUT2D eigenvalue weighted by atomic mass is 16.8. The summed E-state index contributed by atoms with van der Waals surface area (Å²) in [4.78, 5) is 26.2. The number of ether oxygens (including phenoxy) is 7. The van der Waals surface area contributed by atoms with Gasteiger partial charge in [-0.05, 0) is 92.8 Å². The van der Waals surface area contributed by atoms with E-state index in [2.05, 4.69) is 26.8 Å². The number of aliphatic hydroxyl groups excluding tert-OH is 13. The van der Waals surface area contributed by atoms with Crippen molar-refractivity contribution in [2.75, 3.05) is 26.4 Å². The average Bonchev–Trinajstić information content (AvgIpc) is 3.58. The summed E-state index contributed by atoms with van der Waals surface area (Å²) in [6, 6.07) is 0. The van der Waals surface area contributed by atoms with Gasteiger partial charge in [-0.2, -0.15) is 0 Å². The smallest absolute Gasteiger partial charge is 0.335 e. The molecule has 0 radical (unpaired) electrons. The fourth-order valence-electron chi connectivity index (χ4n) is 15.9. The van der Waals surface area contributed by atoms with Crippen LogP contribution in [0, 0.1) is 50.2 Å². The summed E-state index contributed by atoms with van der Waals surface area (Å²) < 4.78 is 41.9. The highest BCUT2D eigenvalue weighted by Crippen LogP contribution is 2.76. The molecule has 76 heavy (non-hydrogen) atoms. The van der Waals surface area contributed by atoms with Crippen molar-refractivity contribution in [3.63, 3.8) is 0 Å². The van der Waals surface area contributed by atoms with Crippen molar-refractivity contribution >= 4 is 11.9 Å². The number of esters is 1. The van der Waals surface area contributed by atoms with E-state index in [1.54, 1.807) is 19.9 Å². The van der Waals surface area contributed by atoms with Crippen LogP contribution in [0.25, 0.3) is 0 Å². The molecule has 14 N–H and O–H groups in total. The summed E-state index contributed by atoms with van der Waals surface area (Å²) in [5, 5.41) is 155. The summed E-state index contributed by atoms with van der Waals surface area (Å²) in [7, 11) is 0. The van der Waals surface area contributed by atoms with E-state index >= 15 is 0 Å². The molecule has 3 unspecified atom stereocenters. The van der Waals surface area contributed by atoms with Crippen LogP contribution in [0.4, 0.5) is 0 Å². The summed E-state index contributed by atoms with van der Waals surface area (Å²) in [5.74, 6) is -3.12. The Hall–Kier alpha value is -2.34. The second-order valence-corrected chi connectivity index (χ2v) is 24.9.